The highest BCUT2D eigenvalue weighted by Gasteiger charge is 2.18. The van der Waals surface area contributed by atoms with Gasteiger partial charge in [0.15, 0.2) is 0 Å². The van der Waals surface area contributed by atoms with Gasteiger partial charge in [-0.25, -0.2) is 0 Å². The summed E-state index contributed by atoms with van der Waals surface area (Å²) in [5.74, 6) is 0.732. The number of nitrogen functional groups attached to an aromatic ring is 1. The Balaban J connectivity index is 1.69. The van der Waals surface area contributed by atoms with Crippen LogP contribution in [-0.2, 0) is 11.2 Å². The van der Waals surface area contributed by atoms with Crippen LogP contribution in [0.15, 0.2) is 24.3 Å². The Kier molecular flexibility index (Phi) is 5.67. The van der Waals surface area contributed by atoms with E-state index in [1.807, 2.05) is 12.1 Å². The first-order chi connectivity index (χ1) is 9.28. The van der Waals surface area contributed by atoms with Gasteiger partial charge in [-0.1, -0.05) is 12.1 Å². The Bertz CT molecular complexity index is 362. The summed E-state index contributed by atoms with van der Waals surface area (Å²) in [6, 6.07) is 8.26. The van der Waals surface area contributed by atoms with Gasteiger partial charge in [0.1, 0.15) is 0 Å². The SMILES string of the molecule is COCC1CCCN(CCCc2ccc(N)cc2)C1. The molecular weight excluding hydrogens is 236 g/mol. The third-order valence-electron chi connectivity index (χ3n) is 3.92. The van der Waals surface area contributed by atoms with Crippen molar-refractivity contribution in [1.82, 2.24) is 4.90 Å². The lowest BCUT2D eigenvalue weighted by Crippen LogP contribution is -2.37. The molecule has 0 aromatic heterocycles. The summed E-state index contributed by atoms with van der Waals surface area (Å²) in [5.41, 5.74) is 7.93. The van der Waals surface area contributed by atoms with E-state index >= 15 is 0 Å². The molecule has 2 N–H and O–H groups in total. The zero-order valence-electron chi connectivity index (χ0n) is 12.0. The van der Waals surface area contributed by atoms with Crippen LogP contribution in [0.25, 0.3) is 0 Å². The van der Waals surface area contributed by atoms with E-state index < -0.39 is 0 Å². The van der Waals surface area contributed by atoms with E-state index in [1.165, 1.54) is 44.5 Å². The molecule has 3 heteroatoms. The van der Waals surface area contributed by atoms with Gasteiger partial charge in [-0.05, 0) is 62.4 Å². The zero-order valence-corrected chi connectivity index (χ0v) is 12.0. The number of anilines is 1. The molecular formula is C16H26N2O. The summed E-state index contributed by atoms with van der Waals surface area (Å²) in [5, 5.41) is 0. The largest absolute Gasteiger partial charge is 0.399 e. The summed E-state index contributed by atoms with van der Waals surface area (Å²) >= 11 is 0. The molecule has 1 aliphatic rings. The van der Waals surface area contributed by atoms with Crippen LogP contribution >= 0.6 is 0 Å². The van der Waals surface area contributed by atoms with E-state index in [2.05, 4.69) is 17.0 Å². The fourth-order valence-corrected chi connectivity index (χ4v) is 2.92. The maximum atomic E-state index is 5.70. The van der Waals surface area contributed by atoms with Gasteiger partial charge in [-0.2, -0.15) is 0 Å². The number of benzene rings is 1. The van der Waals surface area contributed by atoms with Crippen LogP contribution in [0.3, 0.4) is 0 Å². The Morgan fingerprint density at radius 2 is 2.11 bits per heavy atom. The van der Waals surface area contributed by atoms with Crippen molar-refractivity contribution >= 4 is 5.69 Å². The Morgan fingerprint density at radius 3 is 2.84 bits per heavy atom. The molecule has 1 heterocycles. The predicted octanol–water partition coefficient (Wildman–Crippen LogP) is 2.56. The third-order valence-corrected chi connectivity index (χ3v) is 3.92. The normalized spacial score (nSPS) is 20.6. The van der Waals surface area contributed by atoms with E-state index in [-0.39, 0.29) is 0 Å². The molecule has 1 atom stereocenters. The third kappa shape index (κ3) is 4.84. The number of nitrogens with zero attached hydrogens (tertiary/aromatic N) is 1. The van der Waals surface area contributed by atoms with Gasteiger partial charge in [-0.3, -0.25) is 0 Å². The van der Waals surface area contributed by atoms with Crippen molar-refractivity contribution in [3.05, 3.63) is 29.8 Å². The molecule has 1 aromatic carbocycles. The quantitative estimate of drug-likeness (QED) is 0.801. The maximum absolute atomic E-state index is 5.70. The van der Waals surface area contributed by atoms with Crippen LogP contribution in [0.5, 0.6) is 0 Å². The van der Waals surface area contributed by atoms with Crippen LogP contribution < -0.4 is 5.73 Å². The van der Waals surface area contributed by atoms with Gasteiger partial charge in [0.25, 0.3) is 0 Å². The van der Waals surface area contributed by atoms with Gasteiger partial charge in [0.2, 0.25) is 0 Å². The van der Waals surface area contributed by atoms with Crippen molar-refractivity contribution in [1.29, 1.82) is 0 Å². The second kappa shape index (κ2) is 7.51. The van der Waals surface area contributed by atoms with E-state index in [4.69, 9.17) is 10.5 Å². The van der Waals surface area contributed by atoms with Gasteiger partial charge in [-0.15, -0.1) is 0 Å². The molecule has 0 bridgehead atoms. The van der Waals surface area contributed by atoms with E-state index in [9.17, 15) is 0 Å². The zero-order chi connectivity index (χ0) is 13.5. The van der Waals surface area contributed by atoms with Crippen molar-refractivity contribution in [2.45, 2.75) is 25.7 Å². The minimum absolute atomic E-state index is 0.732. The number of methoxy groups -OCH3 is 1. The molecule has 1 fully saturated rings. The molecule has 0 spiro atoms. The summed E-state index contributed by atoms with van der Waals surface area (Å²) < 4.78 is 5.28. The maximum Gasteiger partial charge on any atom is 0.0502 e. The van der Waals surface area contributed by atoms with Gasteiger partial charge < -0.3 is 15.4 Å². The molecule has 2 rings (SSSR count). The molecule has 1 aromatic rings. The van der Waals surface area contributed by atoms with E-state index in [1.54, 1.807) is 7.11 Å². The number of aryl methyl sites for hydroxylation is 1. The number of hydrogen-bond donors (Lipinski definition) is 1. The van der Waals surface area contributed by atoms with Crippen molar-refractivity contribution in [2.75, 3.05) is 39.1 Å². The standard InChI is InChI=1S/C16H26N2O/c1-19-13-15-5-3-11-18(12-15)10-2-4-14-6-8-16(17)9-7-14/h6-9,15H,2-5,10-13,17H2,1H3. The van der Waals surface area contributed by atoms with Crippen molar-refractivity contribution in [3.63, 3.8) is 0 Å². The number of rotatable bonds is 6. The first kappa shape index (κ1) is 14.4. The van der Waals surface area contributed by atoms with Crippen LogP contribution in [0.4, 0.5) is 5.69 Å². The average Bonchev–Trinajstić information content (AvgIpc) is 2.42. The lowest BCUT2D eigenvalue weighted by atomic mass is 9.98. The average molecular weight is 262 g/mol. The molecule has 0 amide bonds. The number of nitrogens with two attached hydrogens (primary N) is 1. The summed E-state index contributed by atoms with van der Waals surface area (Å²) in [6.45, 7) is 4.57. The molecule has 106 valence electrons. The van der Waals surface area contributed by atoms with Gasteiger partial charge in [0, 0.05) is 19.3 Å². The van der Waals surface area contributed by atoms with Gasteiger partial charge in [0.05, 0.1) is 6.61 Å². The Labute approximate surface area is 116 Å². The number of hydrogen-bond acceptors (Lipinski definition) is 3. The Hall–Kier alpha value is -1.06. The highest BCUT2D eigenvalue weighted by atomic mass is 16.5. The van der Waals surface area contributed by atoms with Crippen molar-refractivity contribution in [2.24, 2.45) is 5.92 Å². The number of ether oxygens (including phenoxy) is 1. The molecule has 19 heavy (non-hydrogen) atoms. The molecule has 1 saturated heterocycles. The molecule has 1 aliphatic heterocycles. The van der Waals surface area contributed by atoms with Gasteiger partial charge >= 0.3 is 0 Å². The fraction of sp³-hybridized carbons (Fsp3) is 0.625. The molecule has 0 saturated carbocycles. The van der Waals surface area contributed by atoms with Crippen LogP contribution in [-0.4, -0.2) is 38.3 Å². The number of likely N-dealkylation sites (tertiary alicyclic amines) is 1. The minimum atomic E-state index is 0.732. The molecule has 1 unspecified atom stereocenters. The summed E-state index contributed by atoms with van der Waals surface area (Å²) in [4.78, 5) is 2.59. The second-order valence-electron chi connectivity index (χ2n) is 5.61. The van der Waals surface area contributed by atoms with E-state index in [0.29, 0.717) is 0 Å². The smallest absolute Gasteiger partial charge is 0.0502 e. The van der Waals surface area contributed by atoms with Crippen molar-refractivity contribution < 1.29 is 4.74 Å². The summed E-state index contributed by atoms with van der Waals surface area (Å²) in [7, 11) is 1.81. The number of piperidine rings is 1. The summed E-state index contributed by atoms with van der Waals surface area (Å²) in [6.07, 6.45) is 5.01. The van der Waals surface area contributed by atoms with E-state index in [0.717, 1.165) is 24.6 Å². The van der Waals surface area contributed by atoms with Crippen molar-refractivity contribution in [3.8, 4) is 0 Å². The first-order valence-electron chi connectivity index (χ1n) is 7.33. The lowest BCUT2D eigenvalue weighted by molar-refractivity contribution is 0.0902. The fourth-order valence-electron chi connectivity index (χ4n) is 2.92. The highest BCUT2D eigenvalue weighted by molar-refractivity contribution is 5.39. The van der Waals surface area contributed by atoms with Crippen LogP contribution in [0.2, 0.25) is 0 Å². The highest BCUT2D eigenvalue weighted by Crippen LogP contribution is 2.17. The topological polar surface area (TPSA) is 38.5 Å². The predicted molar refractivity (Wildman–Crippen MR) is 80.2 cm³/mol. The van der Waals surface area contributed by atoms with Crippen LogP contribution in [0, 0.1) is 5.92 Å². The minimum Gasteiger partial charge on any atom is -0.399 e. The first-order valence-corrected chi connectivity index (χ1v) is 7.33. The Morgan fingerprint density at radius 1 is 1.32 bits per heavy atom. The molecule has 0 radical (unpaired) electrons. The monoisotopic (exact) mass is 262 g/mol. The molecule has 3 nitrogen and oxygen atoms in total. The molecule has 0 aliphatic carbocycles. The van der Waals surface area contributed by atoms with Crippen LogP contribution in [0.1, 0.15) is 24.8 Å². The second-order valence-corrected chi connectivity index (χ2v) is 5.61. The lowest BCUT2D eigenvalue weighted by Gasteiger charge is -2.32.